The second kappa shape index (κ2) is 10.3. The first-order valence-corrected chi connectivity index (χ1v) is 8.95. The molecule has 2 rings (SSSR count). The van der Waals surface area contributed by atoms with Crippen molar-refractivity contribution in [2.75, 3.05) is 20.1 Å². The SMILES string of the molecule is CN=C(NCc1nccn1CC(C)C)N1CCC(CC(C)C)C1.I. The highest BCUT2D eigenvalue weighted by Crippen LogP contribution is 2.23. The van der Waals surface area contributed by atoms with E-state index in [0.29, 0.717) is 5.92 Å². The van der Waals surface area contributed by atoms with Crippen LogP contribution >= 0.6 is 24.0 Å². The van der Waals surface area contributed by atoms with Crippen LogP contribution in [-0.4, -0.2) is 40.5 Å². The molecule has 1 atom stereocenters. The largest absolute Gasteiger partial charge is 0.349 e. The molecule has 1 N–H and O–H groups in total. The van der Waals surface area contributed by atoms with E-state index >= 15 is 0 Å². The number of aromatic nitrogens is 2. The minimum Gasteiger partial charge on any atom is -0.349 e. The molecule has 1 saturated heterocycles. The molecule has 138 valence electrons. The van der Waals surface area contributed by atoms with Crippen LogP contribution in [0.4, 0.5) is 0 Å². The maximum absolute atomic E-state index is 4.48. The van der Waals surface area contributed by atoms with Crippen LogP contribution in [0.1, 0.15) is 46.4 Å². The Morgan fingerprint density at radius 1 is 1.33 bits per heavy atom. The minimum atomic E-state index is 0. The molecule has 1 aromatic rings. The van der Waals surface area contributed by atoms with Gasteiger partial charge in [-0.05, 0) is 30.6 Å². The van der Waals surface area contributed by atoms with Crippen molar-refractivity contribution in [3.8, 4) is 0 Å². The van der Waals surface area contributed by atoms with Gasteiger partial charge < -0.3 is 14.8 Å². The lowest BCUT2D eigenvalue weighted by molar-refractivity contribution is 0.402. The van der Waals surface area contributed by atoms with Gasteiger partial charge in [0, 0.05) is 39.1 Å². The number of hydrogen-bond donors (Lipinski definition) is 1. The Bertz CT molecular complexity index is 509. The zero-order valence-electron chi connectivity index (χ0n) is 15.8. The number of rotatable bonds is 6. The van der Waals surface area contributed by atoms with Gasteiger partial charge in [0.2, 0.25) is 0 Å². The predicted octanol–water partition coefficient (Wildman–Crippen LogP) is 3.60. The van der Waals surface area contributed by atoms with Gasteiger partial charge in [-0.3, -0.25) is 4.99 Å². The van der Waals surface area contributed by atoms with E-state index in [1.165, 1.54) is 12.8 Å². The van der Waals surface area contributed by atoms with E-state index in [1.807, 2.05) is 13.2 Å². The number of nitrogens with zero attached hydrogens (tertiary/aromatic N) is 4. The standard InChI is InChI=1S/C18H33N5.HI/c1-14(2)10-16-6-8-23(13-16)18(19-5)21-11-17-20-7-9-22(17)12-15(3)4;/h7,9,14-16H,6,8,10-13H2,1-5H3,(H,19,21);1H. The first-order valence-electron chi connectivity index (χ1n) is 8.95. The quantitative estimate of drug-likeness (QED) is 0.412. The molecule has 24 heavy (non-hydrogen) atoms. The molecule has 0 aliphatic carbocycles. The summed E-state index contributed by atoms with van der Waals surface area (Å²) in [4.78, 5) is 11.3. The third kappa shape index (κ3) is 6.26. The van der Waals surface area contributed by atoms with Crippen molar-refractivity contribution < 1.29 is 0 Å². The van der Waals surface area contributed by atoms with Crippen molar-refractivity contribution in [2.24, 2.45) is 22.7 Å². The van der Waals surface area contributed by atoms with Crippen LogP contribution in [0.25, 0.3) is 0 Å². The van der Waals surface area contributed by atoms with Gasteiger partial charge in [0.05, 0.1) is 6.54 Å². The summed E-state index contributed by atoms with van der Waals surface area (Å²) in [5, 5.41) is 3.49. The summed E-state index contributed by atoms with van der Waals surface area (Å²) in [6, 6.07) is 0. The molecule has 1 aliphatic rings. The minimum absolute atomic E-state index is 0. The molecular formula is C18H34IN5. The number of hydrogen-bond acceptors (Lipinski definition) is 2. The fraction of sp³-hybridized carbons (Fsp3) is 0.778. The third-order valence-electron chi connectivity index (χ3n) is 4.37. The Labute approximate surface area is 164 Å². The summed E-state index contributed by atoms with van der Waals surface area (Å²) < 4.78 is 2.23. The lowest BCUT2D eigenvalue weighted by Gasteiger charge is -2.22. The van der Waals surface area contributed by atoms with Gasteiger partial charge >= 0.3 is 0 Å². The molecule has 0 saturated carbocycles. The molecule has 5 nitrogen and oxygen atoms in total. The smallest absolute Gasteiger partial charge is 0.194 e. The average Bonchev–Trinajstić information content (AvgIpc) is 3.09. The average molecular weight is 447 g/mol. The van der Waals surface area contributed by atoms with Gasteiger partial charge in [0.25, 0.3) is 0 Å². The second-order valence-corrected chi connectivity index (χ2v) is 7.52. The van der Waals surface area contributed by atoms with Crippen molar-refractivity contribution in [3.05, 3.63) is 18.2 Å². The van der Waals surface area contributed by atoms with Crippen LogP contribution in [-0.2, 0) is 13.1 Å². The van der Waals surface area contributed by atoms with Crippen molar-refractivity contribution in [3.63, 3.8) is 0 Å². The molecule has 1 aliphatic heterocycles. The lowest BCUT2D eigenvalue weighted by atomic mass is 9.97. The van der Waals surface area contributed by atoms with Gasteiger partial charge in [0.15, 0.2) is 5.96 Å². The molecule has 0 bridgehead atoms. The van der Waals surface area contributed by atoms with Crippen molar-refractivity contribution in [1.29, 1.82) is 0 Å². The zero-order chi connectivity index (χ0) is 16.8. The zero-order valence-corrected chi connectivity index (χ0v) is 18.2. The number of halogens is 1. The third-order valence-corrected chi connectivity index (χ3v) is 4.37. The number of likely N-dealkylation sites (tertiary alicyclic amines) is 1. The van der Waals surface area contributed by atoms with Gasteiger partial charge in [-0.2, -0.15) is 0 Å². The topological polar surface area (TPSA) is 45.5 Å². The Morgan fingerprint density at radius 2 is 2.08 bits per heavy atom. The predicted molar refractivity (Wildman–Crippen MR) is 112 cm³/mol. The summed E-state index contributed by atoms with van der Waals surface area (Å²) in [7, 11) is 1.87. The van der Waals surface area contributed by atoms with Crippen LogP contribution < -0.4 is 5.32 Å². The van der Waals surface area contributed by atoms with E-state index in [1.54, 1.807) is 0 Å². The number of aliphatic imine (C=N–C) groups is 1. The Hall–Kier alpha value is -0.790. The molecule has 6 heteroatoms. The Kier molecular flexibility index (Phi) is 9.08. The molecule has 0 amide bonds. The van der Waals surface area contributed by atoms with Crippen LogP contribution in [0, 0.1) is 17.8 Å². The number of nitrogens with one attached hydrogen (secondary N) is 1. The fourth-order valence-corrected chi connectivity index (χ4v) is 3.44. The van der Waals surface area contributed by atoms with E-state index in [0.717, 1.165) is 49.8 Å². The summed E-state index contributed by atoms with van der Waals surface area (Å²) in [5.41, 5.74) is 0. The highest BCUT2D eigenvalue weighted by Gasteiger charge is 2.25. The number of guanidine groups is 1. The van der Waals surface area contributed by atoms with Gasteiger partial charge in [-0.1, -0.05) is 27.7 Å². The van der Waals surface area contributed by atoms with Gasteiger partial charge in [-0.25, -0.2) is 4.98 Å². The van der Waals surface area contributed by atoms with Crippen LogP contribution in [0.3, 0.4) is 0 Å². The van der Waals surface area contributed by atoms with Crippen molar-refractivity contribution in [2.45, 2.75) is 53.6 Å². The van der Waals surface area contributed by atoms with Gasteiger partial charge in [0.1, 0.15) is 5.82 Å². The molecule has 1 aromatic heterocycles. The highest BCUT2D eigenvalue weighted by molar-refractivity contribution is 14.0. The molecule has 0 radical (unpaired) electrons. The van der Waals surface area contributed by atoms with E-state index in [9.17, 15) is 0 Å². The summed E-state index contributed by atoms with van der Waals surface area (Å²) in [6.07, 6.45) is 6.54. The maximum atomic E-state index is 4.48. The first-order chi connectivity index (χ1) is 11.0. The van der Waals surface area contributed by atoms with Crippen molar-refractivity contribution >= 4 is 29.9 Å². The Morgan fingerprint density at radius 3 is 2.71 bits per heavy atom. The summed E-state index contributed by atoms with van der Waals surface area (Å²) in [5.74, 6) is 4.29. The highest BCUT2D eigenvalue weighted by atomic mass is 127. The van der Waals surface area contributed by atoms with E-state index in [4.69, 9.17) is 0 Å². The van der Waals surface area contributed by atoms with E-state index < -0.39 is 0 Å². The van der Waals surface area contributed by atoms with Crippen molar-refractivity contribution in [1.82, 2.24) is 19.8 Å². The lowest BCUT2D eigenvalue weighted by Crippen LogP contribution is -2.40. The van der Waals surface area contributed by atoms with Crippen LogP contribution in [0.2, 0.25) is 0 Å². The fourth-order valence-electron chi connectivity index (χ4n) is 3.44. The molecular weight excluding hydrogens is 413 g/mol. The maximum Gasteiger partial charge on any atom is 0.194 e. The van der Waals surface area contributed by atoms with E-state index in [-0.39, 0.29) is 24.0 Å². The van der Waals surface area contributed by atoms with E-state index in [2.05, 4.69) is 58.7 Å². The monoisotopic (exact) mass is 447 g/mol. The molecule has 1 fully saturated rings. The summed E-state index contributed by atoms with van der Waals surface area (Å²) in [6.45, 7) is 13.1. The van der Waals surface area contributed by atoms with Crippen LogP contribution in [0.15, 0.2) is 17.4 Å². The molecule has 0 spiro atoms. The molecule has 2 heterocycles. The second-order valence-electron chi connectivity index (χ2n) is 7.52. The molecule has 1 unspecified atom stereocenters. The Balaban J connectivity index is 0.00000288. The van der Waals surface area contributed by atoms with Crippen LogP contribution in [0.5, 0.6) is 0 Å². The first kappa shape index (κ1) is 21.3. The molecule has 0 aromatic carbocycles. The number of imidazole rings is 1. The van der Waals surface area contributed by atoms with Gasteiger partial charge in [-0.15, -0.1) is 24.0 Å². The normalized spacial score (nSPS) is 18.4. The summed E-state index contributed by atoms with van der Waals surface area (Å²) >= 11 is 0.